The molecule has 3 aromatic heterocycles. The number of rotatable bonds is 8. The number of ether oxygens (including phenoxy) is 1. The molecule has 44 heavy (non-hydrogen) atoms. The van der Waals surface area contributed by atoms with E-state index in [-0.39, 0.29) is 11.9 Å². The molecule has 234 valence electrons. The maximum absolute atomic E-state index is 15.7. The SMILES string of the molecule is C/C(N)=C(\c1cnc2c3ccc(N4CCN(C(C)C)CC4)nc3n(C(CC3CCOCC3)c3ccccc3F)c2c1)N(C)N. The van der Waals surface area contributed by atoms with Crippen LogP contribution in [0.4, 0.5) is 10.2 Å². The number of hydrogen-bond acceptors (Lipinski definition) is 8. The average Bonchev–Trinajstić information content (AvgIpc) is 3.33. The molecule has 0 saturated carbocycles. The summed E-state index contributed by atoms with van der Waals surface area (Å²) in [4.78, 5) is 15.2. The molecule has 2 fully saturated rings. The lowest BCUT2D eigenvalue weighted by Gasteiger charge is -2.37. The summed E-state index contributed by atoms with van der Waals surface area (Å²) in [6.07, 6.45) is 4.47. The van der Waals surface area contributed by atoms with Crippen LogP contribution in [0.3, 0.4) is 0 Å². The van der Waals surface area contributed by atoms with E-state index in [0.717, 1.165) is 92.1 Å². The molecule has 2 saturated heterocycles. The smallest absolute Gasteiger partial charge is 0.145 e. The molecule has 1 atom stereocenters. The summed E-state index contributed by atoms with van der Waals surface area (Å²) in [5.74, 6) is 7.34. The highest BCUT2D eigenvalue weighted by atomic mass is 19.1. The number of hydrogen-bond donors (Lipinski definition) is 2. The van der Waals surface area contributed by atoms with Crippen molar-refractivity contribution in [2.45, 2.75) is 52.1 Å². The normalized spacial score (nSPS) is 18.3. The molecule has 6 rings (SSSR count). The zero-order valence-corrected chi connectivity index (χ0v) is 26.3. The number of allylic oxidation sites excluding steroid dienone is 1. The molecule has 0 amide bonds. The largest absolute Gasteiger partial charge is 0.401 e. The molecule has 0 aliphatic carbocycles. The van der Waals surface area contributed by atoms with E-state index in [9.17, 15) is 0 Å². The van der Waals surface area contributed by atoms with Gasteiger partial charge in [-0.1, -0.05) is 18.2 Å². The van der Waals surface area contributed by atoms with E-state index in [1.165, 1.54) is 5.01 Å². The van der Waals surface area contributed by atoms with Crippen molar-refractivity contribution < 1.29 is 9.13 Å². The first-order chi connectivity index (χ1) is 21.2. The maximum atomic E-state index is 15.7. The Hall–Kier alpha value is -3.73. The number of halogens is 1. The summed E-state index contributed by atoms with van der Waals surface area (Å²) < 4.78 is 23.7. The first-order valence-electron chi connectivity index (χ1n) is 15.8. The van der Waals surface area contributed by atoms with Gasteiger partial charge in [-0.3, -0.25) is 9.88 Å². The zero-order chi connectivity index (χ0) is 31.0. The molecule has 1 aromatic carbocycles. The van der Waals surface area contributed by atoms with Gasteiger partial charge in [-0.2, -0.15) is 0 Å². The number of nitrogens with zero attached hydrogens (tertiary/aromatic N) is 6. The highest BCUT2D eigenvalue weighted by molar-refractivity contribution is 6.05. The van der Waals surface area contributed by atoms with E-state index < -0.39 is 0 Å². The Morgan fingerprint density at radius 2 is 1.82 bits per heavy atom. The van der Waals surface area contributed by atoms with Crippen LogP contribution in [0, 0.1) is 11.7 Å². The fourth-order valence-corrected chi connectivity index (χ4v) is 6.98. The molecule has 4 N–H and O–H groups in total. The highest BCUT2D eigenvalue weighted by Crippen LogP contribution is 2.40. The second kappa shape index (κ2) is 12.7. The van der Waals surface area contributed by atoms with Crippen LogP contribution in [0.2, 0.25) is 0 Å². The lowest BCUT2D eigenvalue weighted by atomic mass is 9.89. The van der Waals surface area contributed by atoms with Crippen LogP contribution in [-0.4, -0.2) is 76.9 Å². The van der Waals surface area contributed by atoms with Crippen LogP contribution in [-0.2, 0) is 4.74 Å². The first-order valence-corrected chi connectivity index (χ1v) is 15.8. The quantitative estimate of drug-likeness (QED) is 0.213. The van der Waals surface area contributed by atoms with Crippen molar-refractivity contribution in [1.82, 2.24) is 24.4 Å². The Balaban J connectivity index is 1.57. The molecular formula is C34H45FN8O. The van der Waals surface area contributed by atoms with E-state index in [0.29, 0.717) is 28.9 Å². The first kappa shape index (κ1) is 30.3. The Kier molecular flexibility index (Phi) is 8.75. The molecule has 2 aliphatic rings. The van der Waals surface area contributed by atoms with Gasteiger partial charge in [-0.15, -0.1) is 0 Å². The number of nitrogens with two attached hydrogens (primary N) is 2. The Labute approximate surface area is 259 Å². The molecule has 4 aromatic rings. The molecule has 0 bridgehead atoms. The molecule has 1 unspecified atom stereocenters. The number of hydrazine groups is 1. The molecular weight excluding hydrogens is 555 g/mol. The molecule has 10 heteroatoms. The molecule has 0 radical (unpaired) electrons. The van der Waals surface area contributed by atoms with Crippen molar-refractivity contribution in [1.29, 1.82) is 0 Å². The van der Waals surface area contributed by atoms with Crippen molar-refractivity contribution in [3.05, 3.63) is 71.3 Å². The molecule has 9 nitrogen and oxygen atoms in total. The van der Waals surface area contributed by atoms with Crippen LogP contribution in [0.1, 0.15) is 57.2 Å². The summed E-state index contributed by atoms with van der Waals surface area (Å²) in [6, 6.07) is 13.7. The number of pyridine rings is 2. The van der Waals surface area contributed by atoms with Gasteiger partial charge in [0.25, 0.3) is 0 Å². The fourth-order valence-electron chi connectivity index (χ4n) is 6.98. The Morgan fingerprint density at radius 1 is 1.09 bits per heavy atom. The monoisotopic (exact) mass is 600 g/mol. The second-order valence-corrected chi connectivity index (χ2v) is 12.6. The zero-order valence-electron chi connectivity index (χ0n) is 26.3. The van der Waals surface area contributed by atoms with E-state index in [4.69, 9.17) is 26.3 Å². The van der Waals surface area contributed by atoms with Gasteiger partial charge in [0, 0.05) is 80.9 Å². The van der Waals surface area contributed by atoms with Gasteiger partial charge in [0.05, 0.1) is 22.8 Å². The van der Waals surface area contributed by atoms with Crippen LogP contribution in [0.25, 0.3) is 27.8 Å². The lowest BCUT2D eigenvalue weighted by Crippen LogP contribution is -2.49. The average molecular weight is 601 g/mol. The van der Waals surface area contributed by atoms with E-state index in [1.807, 2.05) is 25.3 Å². The van der Waals surface area contributed by atoms with E-state index in [1.54, 1.807) is 19.2 Å². The van der Waals surface area contributed by atoms with Gasteiger partial charge in [0.2, 0.25) is 0 Å². The highest BCUT2D eigenvalue weighted by Gasteiger charge is 2.29. The van der Waals surface area contributed by atoms with Gasteiger partial charge in [0.15, 0.2) is 0 Å². The van der Waals surface area contributed by atoms with Crippen LogP contribution in [0.5, 0.6) is 0 Å². The predicted molar refractivity (Wildman–Crippen MR) is 175 cm³/mol. The van der Waals surface area contributed by atoms with Crippen LogP contribution < -0.4 is 16.5 Å². The summed E-state index contributed by atoms with van der Waals surface area (Å²) in [6.45, 7) is 11.6. The summed E-state index contributed by atoms with van der Waals surface area (Å²) in [5, 5.41) is 2.47. The number of aromatic nitrogens is 3. The summed E-state index contributed by atoms with van der Waals surface area (Å²) in [5.41, 5.74) is 11.6. The standard InChI is InChI=1S/C34H45FN8O/c1-22(2)41-13-15-42(16-14-41)31-10-9-27-32-30(20-25(21-38-32)33(23(3)36)40(4)37)43(34(27)39-31)29(19-24-11-17-44-18-12-24)26-7-5-6-8-28(26)35/h5-10,20-22,24,29H,11-19,36-37H2,1-4H3/b33-23-. The van der Waals surface area contributed by atoms with Crippen LogP contribution in [0.15, 0.2) is 54.4 Å². The molecule has 0 spiro atoms. The summed E-state index contributed by atoms with van der Waals surface area (Å²) >= 11 is 0. The topological polar surface area (TPSA) is 102 Å². The van der Waals surface area contributed by atoms with Gasteiger partial charge in [-0.25, -0.2) is 15.2 Å². The van der Waals surface area contributed by atoms with Gasteiger partial charge >= 0.3 is 0 Å². The van der Waals surface area contributed by atoms with Crippen molar-refractivity contribution in [2.75, 3.05) is 51.3 Å². The summed E-state index contributed by atoms with van der Waals surface area (Å²) in [7, 11) is 1.77. The van der Waals surface area contributed by atoms with Gasteiger partial charge in [0.1, 0.15) is 17.3 Å². The van der Waals surface area contributed by atoms with Gasteiger partial charge in [-0.05, 0) is 70.2 Å². The number of fused-ring (bicyclic) bond motifs is 3. The van der Waals surface area contributed by atoms with Gasteiger partial charge < -0.3 is 24.9 Å². The third-order valence-electron chi connectivity index (χ3n) is 9.31. The fraction of sp³-hybridized carbons (Fsp3) is 0.471. The Bertz CT molecular complexity index is 1650. The van der Waals surface area contributed by atoms with E-state index in [2.05, 4.69) is 46.4 Å². The lowest BCUT2D eigenvalue weighted by molar-refractivity contribution is 0.0608. The maximum Gasteiger partial charge on any atom is 0.145 e. The van der Waals surface area contributed by atoms with E-state index >= 15 is 4.39 Å². The van der Waals surface area contributed by atoms with Crippen molar-refractivity contribution in [2.24, 2.45) is 17.5 Å². The minimum absolute atomic E-state index is 0.218. The minimum atomic E-state index is -0.293. The van der Waals surface area contributed by atoms with Crippen LogP contribution >= 0.6 is 0 Å². The number of piperazine rings is 1. The van der Waals surface area contributed by atoms with Crippen molar-refractivity contribution in [3.8, 4) is 0 Å². The molecule has 2 aliphatic heterocycles. The second-order valence-electron chi connectivity index (χ2n) is 12.6. The molecule has 5 heterocycles. The minimum Gasteiger partial charge on any atom is -0.401 e. The van der Waals surface area contributed by atoms with Crippen molar-refractivity contribution >= 4 is 33.6 Å². The van der Waals surface area contributed by atoms with Crippen molar-refractivity contribution in [3.63, 3.8) is 0 Å². The Morgan fingerprint density at radius 3 is 2.48 bits per heavy atom. The number of anilines is 1. The number of benzene rings is 1. The third-order valence-corrected chi connectivity index (χ3v) is 9.31. The third kappa shape index (κ3) is 5.86. The predicted octanol–water partition coefficient (Wildman–Crippen LogP) is 5.11.